The number of anilines is 1. The van der Waals surface area contributed by atoms with Crippen molar-refractivity contribution in [2.45, 2.75) is 31.0 Å². The standard InChI is InChI=1S/C20H23ClN2O4/c21-13-4-6-14(7-5-13)23-12-20-9-8-15(27-20)16(17(20)19(23)26)18(25)22-10-2-1-3-11-24/h4-9,15-17,24H,1-3,10-12H2,(H,22,25)/t15-,16?,17?,20?/m1/s1. The number of fused-ring (bicyclic) bond motifs is 1. The maximum atomic E-state index is 13.2. The van der Waals surface area contributed by atoms with Gasteiger partial charge in [-0.1, -0.05) is 23.8 Å². The Labute approximate surface area is 163 Å². The van der Waals surface area contributed by atoms with Crippen molar-refractivity contribution in [2.24, 2.45) is 11.8 Å². The number of carbonyl (C=O) groups is 2. The Bertz CT molecular complexity index is 766. The number of ether oxygens (including phenoxy) is 1. The number of aliphatic hydroxyl groups is 1. The van der Waals surface area contributed by atoms with Crippen LogP contribution in [0.5, 0.6) is 0 Å². The van der Waals surface area contributed by atoms with Crippen LogP contribution in [0, 0.1) is 11.8 Å². The number of hydrogen-bond donors (Lipinski definition) is 2. The van der Waals surface area contributed by atoms with Gasteiger partial charge in [-0.15, -0.1) is 0 Å². The zero-order valence-electron chi connectivity index (χ0n) is 14.9. The summed E-state index contributed by atoms with van der Waals surface area (Å²) in [6, 6.07) is 7.12. The van der Waals surface area contributed by atoms with Gasteiger partial charge in [0.25, 0.3) is 0 Å². The van der Waals surface area contributed by atoms with E-state index in [1.807, 2.05) is 24.3 Å². The van der Waals surface area contributed by atoms with Crippen LogP contribution in [0.1, 0.15) is 19.3 Å². The zero-order valence-corrected chi connectivity index (χ0v) is 15.7. The molecule has 144 valence electrons. The molecule has 1 aromatic rings. The summed E-state index contributed by atoms with van der Waals surface area (Å²) in [7, 11) is 0. The molecule has 2 saturated heterocycles. The second-order valence-electron chi connectivity index (χ2n) is 7.38. The monoisotopic (exact) mass is 390 g/mol. The van der Waals surface area contributed by atoms with Gasteiger partial charge in [0.05, 0.1) is 24.5 Å². The third kappa shape index (κ3) is 3.16. The van der Waals surface area contributed by atoms with E-state index in [0.717, 1.165) is 24.9 Å². The fourth-order valence-corrected chi connectivity index (χ4v) is 4.51. The number of hydrogen-bond acceptors (Lipinski definition) is 4. The van der Waals surface area contributed by atoms with Gasteiger partial charge in [-0.05, 0) is 43.5 Å². The molecule has 27 heavy (non-hydrogen) atoms. The molecule has 2 amide bonds. The van der Waals surface area contributed by atoms with E-state index >= 15 is 0 Å². The summed E-state index contributed by atoms with van der Waals surface area (Å²) in [5.74, 6) is -1.21. The second kappa shape index (κ2) is 7.26. The number of carbonyl (C=O) groups excluding carboxylic acids is 2. The molecule has 1 spiro atoms. The molecule has 4 rings (SSSR count). The number of nitrogens with one attached hydrogen (secondary N) is 1. The summed E-state index contributed by atoms with van der Waals surface area (Å²) in [4.78, 5) is 27.6. The lowest BCUT2D eigenvalue weighted by Gasteiger charge is -2.23. The van der Waals surface area contributed by atoms with Gasteiger partial charge in [0.1, 0.15) is 5.60 Å². The smallest absolute Gasteiger partial charge is 0.234 e. The Morgan fingerprint density at radius 3 is 2.81 bits per heavy atom. The Balaban J connectivity index is 1.48. The van der Waals surface area contributed by atoms with Crippen molar-refractivity contribution in [3.63, 3.8) is 0 Å². The average molecular weight is 391 g/mol. The van der Waals surface area contributed by atoms with Crippen molar-refractivity contribution in [2.75, 3.05) is 24.6 Å². The van der Waals surface area contributed by atoms with E-state index < -0.39 is 17.4 Å². The van der Waals surface area contributed by atoms with Gasteiger partial charge in [-0.3, -0.25) is 9.59 Å². The molecule has 0 radical (unpaired) electrons. The third-order valence-electron chi connectivity index (χ3n) is 5.68. The van der Waals surface area contributed by atoms with Crippen LogP contribution in [0.25, 0.3) is 0 Å². The van der Waals surface area contributed by atoms with E-state index in [1.54, 1.807) is 17.0 Å². The molecule has 6 nitrogen and oxygen atoms in total. The van der Waals surface area contributed by atoms with Crippen molar-refractivity contribution in [3.05, 3.63) is 41.4 Å². The van der Waals surface area contributed by atoms with Gasteiger partial charge in [0.2, 0.25) is 11.8 Å². The minimum atomic E-state index is -0.722. The number of amides is 2. The summed E-state index contributed by atoms with van der Waals surface area (Å²) >= 11 is 5.95. The molecule has 2 fully saturated rings. The second-order valence-corrected chi connectivity index (χ2v) is 7.81. The highest BCUT2D eigenvalue weighted by molar-refractivity contribution is 6.30. The minimum absolute atomic E-state index is 0.0791. The molecule has 0 aromatic heterocycles. The van der Waals surface area contributed by atoms with Crippen LogP contribution in [0.3, 0.4) is 0 Å². The number of halogens is 1. The van der Waals surface area contributed by atoms with Crippen LogP contribution >= 0.6 is 11.6 Å². The fraction of sp³-hybridized carbons (Fsp3) is 0.500. The van der Waals surface area contributed by atoms with Crippen LogP contribution in [0.4, 0.5) is 5.69 Å². The van der Waals surface area contributed by atoms with E-state index in [-0.39, 0.29) is 24.5 Å². The van der Waals surface area contributed by atoms with Crippen LogP contribution in [-0.4, -0.2) is 48.3 Å². The van der Waals surface area contributed by atoms with Crippen LogP contribution in [0.2, 0.25) is 5.02 Å². The summed E-state index contributed by atoms with van der Waals surface area (Å²) in [6.45, 7) is 1.11. The predicted octanol–water partition coefficient (Wildman–Crippen LogP) is 1.91. The molecule has 0 aliphatic carbocycles. The van der Waals surface area contributed by atoms with Gasteiger partial charge in [-0.25, -0.2) is 0 Å². The first kappa shape index (κ1) is 18.5. The van der Waals surface area contributed by atoms with Gasteiger partial charge in [-0.2, -0.15) is 0 Å². The lowest BCUT2D eigenvalue weighted by atomic mass is 9.77. The normalized spacial score (nSPS) is 30.8. The van der Waals surface area contributed by atoms with Crippen LogP contribution in [0.15, 0.2) is 36.4 Å². The van der Waals surface area contributed by atoms with E-state index in [0.29, 0.717) is 18.1 Å². The van der Waals surface area contributed by atoms with Gasteiger partial charge in [0.15, 0.2) is 0 Å². The zero-order chi connectivity index (χ0) is 19.0. The first-order valence-corrected chi connectivity index (χ1v) is 9.76. The first-order valence-electron chi connectivity index (χ1n) is 9.38. The molecule has 2 bridgehead atoms. The average Bonchev–Trinajstić information content (AvgIpc) is 3.30. The number of nitrogens with zero attached hydrogens (tertiary/aromatic N) is 1. The number of aliphatic hydroxyl groups excluding tert-OH is 1. The molecule has 3 aliphatic rings. The predicted molar refractivity (Wildman–Crippen MR) is 101 cm³/mol. The van der Waals surface area contributed by atoms with Crippen LogP contribution < -0.4 is 10.2 Å². The molecular weight excluding hydrogens is 368 g/mol. The maximum absolute atomic E-state index is 13.2. The lowest BCUT2D eigenvalue weighted by Crippen LogP contribution is -2.44. The highest BCUT2D eigenvalue weighted by Crippen LogP contribution is 2.52. The summed E-state index contributed by atoms with van der Waals surface area (Å²) in [5.41, 5.74) is 0.0390. The number of unbranched alkanes of at least 4 members (excludes halogenated alkanes) is 2. The Kier molecular flexibility index (Phi) is 4.97. The van der Waals surface area contributed by atoms with Crippen LogP contribution in [-0.2, 0) is 14.3 Å². The van der Waals surface area contributed by atoms with Crippen molar-refractivity contribution in [1.29, 1.82) is 0 Å². The quantitative estimate of drug-likeness (QED) is 0.550. The van der Waals surface area contributed by atoms with Crippen molar-refractivity contribution >= 4 is 29.1 Å². The number of benzene rings is 1. The van der Waals surface area contributed by atoms with E-state index in [9.17, 15) is 9.59 Å². The van der Waals surface area contributed by atoms with Crippen molar-refractivity contribution in [1.82, 2.24) is 5.32 Å². The van der Waals surface area contributed by atoms with Gasteiger partial charge >= 0.3 is 0 Å². The Morgan fingerprint density at radius 1 is 1.30 bits per heavy atom. The Hall–Kier alpha value is -1.89. The molecular formula is C20H23ClN2O4. The SMILES string of the molecule is O=C(NCCCCCO)C1C2C(=O)N(c3ccc(Cl)cc3)CC23C=C[C@H]1O3. The van der Waals surface area contributed by atoms with E-state index in [2.05, 4.69) is 5.32 Å². The molecule has 1 aromatic carbocycles. The van der Waals surface area contributed by atoms with Gasteiger partial charge < -0.3 is 20.1 Å². The highest BCUT2D eigenvalue weighted by Gasteiger charge is 2.66. The van der Waals surface area contributed by atoms with E-state index in [1.165, 1.54) is 0 Å². The van der Waals surface area contributed by atoms with Crippen molar-refractivity contribution in [3.8, 4) is 0 Å². The largest absolute Gasteiger partial charge is 0.396 e. The maximum Gasteiger partial charge on any atom is 0.234 e. The molecule has 7 heteroatoms. The first-order chi connectivity index (χ1) is 13.1. The van der Waals surface area contributed by atoms with Gasteiger partial charge in [0, 0.05) is 23.9 Å². The summed E-state index contributed by atoms with van der Waals surface area (Å²) in [6.07, 6.45) is 5.91. The highest BCUT2D eigenvalue weighted by atomic mass is 35.5. The molecule has 3 unspecified atom stereocenters. The summed E-state index contributed by atoms with van der Waals surface area (Å²) < 4.78 is 6.11. The minimum Gasteiger partial charge on any atom is -0.396 e. The summed E-state index contributed by atoms with van der Waals surface area (Å²) in [5, 5.41) is 12.4. The molecule has 0 saturated carbocycles. The number of rotatable bonds is 7. The Morgan fingerprint density at radius 2 is 2.07 bits per heavy atom. The molecule has 3 heterocycles. The van der Waals surface area contributed by atoms with Crippen molar-refractivity contribution < 1.29 is 19.4 Å². The lowest BCUT2D eigenvalue weighted by molar-refractivity contribution is -0.131. The third-order valence-corrected chi connectivity index (χ3v) is 5.93. The molecule has 4 atom stereocenters. The molecule has 3 aliphatic heterocycles. The molecule has 2 N–H and O–H groups in total. The van der Waals surface area contributed by atoms with E-state index in [4.69, 9.17) is 21.4 Å². The topological polar surface area (TPSA) is 78.9 Å². The fourth-order valence-electron chi connectivity index (χ4n) is 4.38.